The third-order valence-electron chi connectivity index (χ3n) is 4.99. The minimum atomic E-state index is -0.282. The van der Waals surface area contributed by atoms with E-state index in [1.807, 2.05) is 59.3 Å². The van der Waals surface area contributed by atoms with Crippen LogP contribution in [0.4, 0.5) is 0 Å². The number of hydrogen-bond acceptors (Lipinski definition) is 4. The summed E-state index contributed by atoms with van der Waals surface area (Å²) in [6.45, 7) is 4.91. The van der Waals surface area contributed by atoms with Crippen LogP contribution < -0.4 is 10.2 Å². The quantitative estimate of drug-likeness (QED) is 0.477. The largest absolute Gasteiger partial charge is 0.493 e. The Kier molecular flexibility index (Phi) is 5.93. The van der Waals surface area contributed by atoms with Crippen LogP contribution in [0.3, 0.4) is 0 Å². The molecule has 1 aliphatic rings. The molecular weight excluding hydrogens is 376 g/mol. The van der Waals surface area contributed by atoms with Crippen molar-refractivity contribution in [3.8, 4) is 11.4 Å². The van der Waals surface area contributed by atoms with Crippen LogP contribution in [0.1, 0.15) is 47.6 Å². The number of hydrogen-bond donors (Lipinski definition) is 1. The van der Waals surface area contributed by atoms with Crippen molar-refractivity contribution in [3.63, 3.8) is 0 Å². The number of amides is 1. The van der Waals surface area contributed by atoms with Crippen LogP contribution in [0.2, 0.25) is 0 Å². The van der Waals surface area contributed by atoms with E-state index in [4.69, 9.17) is 4.74 Å². The van der Waals surface area contributed by atoms with Gasteiger partial charge in [-0.05, 0) is 67.1 Å². The monoisotopic (exact) mass is 402 g/mol. The predicted molar refractivity (Wildman–Crippen MR) is 117 cm³/mol. The van der Waals surface area contributed by atoms with Gasteiger partial charge in [0.25, 0.3) is 5.91 Å². The van der Waals surface area contributed by atoms with Crippen molar-refractivity contribution in [1.29, 1.82) is 0 Å². The molecule has 0 radical (unpaired) electrons. The fourth-order valence-corrected chi connectivity index (χ4v) is 3.53. The molecule has 2 aromatic carbocycles. The molecule has 0 aliphatic heterocycles. The van der Waals surface area contributed by atoms with Crippen LogP contribution in [0.5, 0.6) is 5.75 Å². The van der Waals surface area contributed by atoms with E-state index >= 15 is 0 Å². The lowest BCUT2D eigenvalue weighted by Crippen LogP contribution is -2.20. The Bertz CT molecular complexity index is 1040. The van der Waals surface area contributed by atoms with Gasteiger partial charge in [-0.2, -0.15) is 10.2 Å². The van der Waals surface area contributed by atoms with Crippen molar-refractivity contribution in [3.05, 3.63) is 77.1 Å². The summed E-state index contributed by atoms with van der Waals surface area (Å²) in [6.07, 6.45) is 4.46. The minimum Gasteiger partial charge on any atom is -0.493 e. The molecule has 6 heteroatoms. The Labute approximate surface area is 176 Å². The minimum absolute atomic E-state index is 0.282. The number of nitrogens with zero attached hydrogens (tertiary/aromatic N) is 3. The SMILES string of the molecule is CC(C)COc1ccc(/C=N/NC(=O)c2nn(-c3ccccc3)c3c2CCC3)cc1. The molecule has 30 heavy (non-hydrogen) atoms. The van der Waals surface area contributed by atoms with Gasteiger partial charge in [-0.3, -0.25) is 4.79 Å². The van der Waals surface area contributed by atoms with Gasteiger partial charge in [0.15, 0.2) is 5.69 Å². The second-order valence-electron chi connectivity index (χ2n) is 7.85. The summed E-state index contributed by atoms with van der Waals surface area (Å²) in [4.78, 5) is 12.7. The molecule has 1 heterocycles. The second kappa shape index (κ2) is 8.95. The molecule has 0 spiro atoms. The topological polar surface area (TPSA) is 68.5 Å². The molecule has 0 fully saturated rings. The summed E-state index contributed by atoms with van der Waals surface area (Å²) in [5.41, 5.74) is 7.08. The van der Waals surface area contributed by atoms with Crippen molar-refractivity contribution >= 4 is 12.1 Å². The number of aromatic nitrogens is 2. The van der Waals surface area contributed by atoms with Crippen molar-refractivity contribution in [2.45, 2.75) is 33.1 Å². The molecule has 6 nitrogen and oxygen atoms in total. The number of fused-ring (bicyclic) bond motifs is 1. The van der Waals surface area contributed by atoms with E-state index in [0.717, 1.165) is 47.5 Å². The van der Waals surface area contributed by atoms with Gasteiger partial charge in [0.2, 0.25) is 0 Å². The predicted octanol–water partition coefficient (Wildman–Crippen LogP) is 4.16. The fraction of sp³-hybridized carbons (Fsp3) is 0.292. The first-order valence-electron chi connectivity index (χ1n) is 10.3. The van der Waals surface area contributed by atoms with E-state index in [-0.39, 0.29) is 5.91 Å². The Hall–Kier alpha value is -3.41. The van der Waals surface area contributed by atoms with Crippen LogP contribution >= 0.6 is 0 Å². The van der Waals surface area contributed by atoms with Gasteiger partial charge < -0.3 is 4.74 Å². The molecule has 1 amide bonds. The summed E-state index contributed by atoms with van der Waals surface area (Å²) in [6, 6.07) is 17.5. The molecule has 154 valence electrons. The number of hydrazone groups is 1. The first-order valence-corrected chi connectivity index (χ1v) is 10.3. The number of carbonyl (C=O) groups is 1. The number of carbonyl (C=O) groups excluding carboxylic acids is 1. The van der Waals surface area contributed by atoms with E-state index in [2.05, 4.69) is 29.5 Å². The Balaban J connectivity index is 1.43. The highest BCUT2D eigenvalue weighted by molar-refractivity contribution is 5.95. The highest BCUT2D eigenvalue weighted by Gasteiger charge is 2.26. The second-order valence-corrected chi connectivity index (χ2v) is 7.85. The van der Waals surface area contributed by atoms with Gasteiger partial charge in [-0.1, -0.05) is 32.0 Å². The van der Waals surface area contributed by atoms with Crippen LogP contribution in [0, 0.1) is 5.92 Å². The van der Waals surface area contributed by atoms with Crippen molar-refractivity contribution < 1.29 is 9.53 Å². The molecule has 3 aromatic rings. The van der Waals surface area contributed by atoms with Gasteiger partial charge in [0.1, 0.15) is 5.75 Å². The highest BCUT2D eigenvalue weighted by Crippen LogP contribution is 2.27. The maximum absolute atomic E-state index is 12.7. The van der Waals surface area contributed by atoms with Gasteiger partial charge in [-0.25, -0.2) is 10.1 Å². The van der Waals surface area contributed by atoms with Crippen LogP contribution in [-0.4, -0.2) is 28.5 Å². The lowest BCUT2D eigenvalue weighted by Gasteiger charge is -2.08. The fourth-order valence-electron chi connectivity index (χ4n) is 3.53. The average Bonchev–Trinajstić information content (AvgIpc) is 3.36. The zero-order valence-electron chi connectivity index (χ0n) is 17.3. The average molecular weight is 402 g/mol. The van der Waals surface area contributed by atoms with E-state index < -0.39 is 0 Å². The summed E-state index contributed by atoms with van der Waals surface area (Å²) in [5, 5.41) is 8.70. The molecule has 0 unspecified atom stereocenters. The number of benzene rings is 2. The summed E-state index contributed by atoms with van der Waals surface area (Å²) < 4.78 is 7.57. The molecule has 1 N–H and O–H groups in total. The first kappa shape index (κ1) is 19.9. The van der Waals surface area contributed by atoms with Crippen molar-refractivity contribution in [2.24, 2.45) is 11.0 Å². The lowest BCUT2D eigenvalue weighted by atomic mass is 10.2. The van der Waals surface area contributed by atoms with E-state index in [9.17, 15) is 4.79 Å². The lowest BCUT2D eigenvalue weighted by molar-refractivity contribution is 0.0949. The molecule has 1 aromatic heterocycles. The van der Waals surface area contributed by atoms with E-state index in [0.29, 0.717) is 18.2 Å². The van der Waals surface area contributed by atoms with Crippen LogP contribution in [-0.2, 0) is 12.8 Å². The maximum Gasteiger partial charge on any atom is 0.292 e. The summed E-state index contributed by atoms with van der Waals surface area (Å²) in [7, 11) is 0. The van der Waals surface area contributed by atoms with Crippen molar-refractivity contribution in [1.82, 2.24) is 15.2 Å². The Morgan fingerprint density at radius 1 is 1.17 bits per heavy atom. The molecule has 0 atom stereocenters. The molecule has 0 saturated carbocycles. The summed E-state index contributed by atoms with van der Waals surface area (Å²) >= 11 is 0. The number of para-hydroxylation sites is 1. The third-order valence-corrected chi connectivity index (χ3v) is 4.99. The number of ether oxygens (including phenoxy) is 1. The smallest absolute Gasteiger partial charge is 0.292 e. The first-order chi connectivity index (χ1) is 14.6. The molecule has 0 saturated heterocycles. The third kappa shape index (κ3) is 4.43. The van der Waals surface area contributed by atoms with Gasteiger partial charge in [0.05, 0.1) is 18.5 Å². The zero-order valence-corrected chi connectivity index (χ0v) is 17.3. The van der Waals surface area contributed by atoms with Gasteiger partial charge in [0, 0.05) is 11.3 Å². The number of rotatable bonds is 7. The zero-order chi connectivity index (χ0) is 20.9. The molecule has 0 bridgehead atoms. The van der Waals surface area contributed by atoms with Gasteiger partial charge in [-0.15, -0.1) is 0 Å². The van der Waals surface area contributed by atoms with Crippen LogP contribution in [0.15, 0.2) is 59.7 Å². The Morgan fingerprint density at radius 3 is 2.67 bits per heavy atom. The highest BCUT2D eigenvalue weighted by atomic mass is 16.5. The van der Waals surface area contributed by atoms with Crippen molar-refractivity contribution in [2.75, 3.05) is 6.61 Å². The normalized spacial score (nSPS) is 13.0. The molecule has 4 rings (SSSR count). The van der Waals surface area contributed by atoms with E-state index in [1.165, 1.54) is 0 Å². The maximum atomic E-state index is 12.7. The van der Waals surface area contributed by atoms with Gasteiger partial charge >= 0.3 is 0 Å². The molecule has 1 aliphatic carbocycles. The van der Waals surface area contributed by atoms with Crippen LogP contribution in [0.25, 0.3) is 5.69 Å². The Morgan fingerprint density at radius 2 is 1.93 bits per heavy atom. The van der Waals surface area contributed by atoms with E-state index in [1.54, 1.807) is 6.21 Å². The summed E-state index contributed by atoms with van der Waals surface area (Å²) in [5.74, 6) is 1.02. The number of nitrogens with one attached hydrogen (secondary N) is 1. The standard InChI is InChI=1S/C24H26N4O2/c1-17(2)16-30-20-13-11-18(12-14-20)15-25-26-24(29)23-21-9-6-10-22(21)28(27-23)19-7-4-3-5-8-19/h3-5,7-8,11-15,17H,6,9-10,16H2,1-2H3,(H,26,29)/b25-15+. The molecular formula is C24H26N4O2.